The summed E-state index contributed by atoms with van der Waals surface area (Å²) in [5.74, 6) is 0.561. The molecule has 0 aromatic heterocycles. The standard InChI is InChI=1S/C24H33N5O3/c30-22(28-12-10-27(11-13-28)19-4-2-1-3-5-19)9-8-20-15-25-24(32)21-14-18(16-29(20)21)26-23(31)17-6-7-17/h1-5,17-18,20-21H,6-16H2,(H,25,32)(H,26,31)/t18-,20+,21-/m0/s1. The lowest BCUT2D eigenvalue weighted by molar-refractivity contribution is -0.132. The van der Waals surface area contributed by atoms with E-state index in [2.05, 4.69) is 32.6 Å². The van der Waals surface area contributed by atoms with Crippen molar-refractivity contribution in [3.63, 3.8) is 0 Å². The molecule has 0 spiro atoms. The molecule has 8 nitrogen and oxygen atoms in total. The van der Waals surface area contributed by atoms with Gasteiger partial charge >= 0.3 is 0 Å². The molecule has 8 heteroatoms. The van der Waals surface area contributed by atoms with Gasteiger partial charge in [0.1, 0.15) is 0 Å². The molecule has 172 valence electrons. The first-order valence-corrected chi connectivity index (χ1v) is 12.0. The van der Waals surface area contributed by atoms with E-state index in [-0.39, 0.29) is 41.8 Å². The number of nitrogens with zero attached hydrogens (tertiary/aromatic N) is 3. The van der Waals surface area contributed by atoms with Gasteiger partial charge in [0.2, 0.25) is 17.7 Å². The van der Waals surface area contributed by atoms with Crippen LogP contribution in [0.3, 0.4) is 0 Å². The van der Waals surface area contributed by atoms with Gasteiger partial charge in [-0.25, -0.2) is 0 Å². The van der Waals surface area contributed by atoms with Crippen molar-refractivity contribution in [3.8, 4) is 0 Å². The number of fused-ring (bicyclic) bond motifs is 1. The fraction of sp³-hybridized carbons (Fsp3) is 0.625. The second-order valence-electron chi connectivity index (χ2n) is 9.57. The molecule has 2 N–H and O–H groups in total. The number of piperazine rings is 2. The molecule has 3 atom stereocenters. The van der Waals surface area contributed by atoms with E-state index in [1.165, 1.54) is 5.69 Å². The molecule has 0 bridgehead atoms. The summed E-state index contributed by atoms with van der Waals surface area (Å²) in [7, 11) is 0. The third-order valence-corrected chi connectivity index (χ3v) is 7.36. The second-order valence-corrected chi connectivity index (χ2v) is 9.57. The zero-order chi connectivity index (χ0) is 22.1. The van der Waals surface area contributed by atoms with E-state index in [1.54, 1.807) is 0 Å². The number of carbonyl (C=O) groups is 3. The molecule has 4 aliphatic rings. The van der Waals surface area contributed by atoms with Crippen LogP contribution in [0.5, 0.6) is 0 Å². The van der Waals surface area contributed by atoms with Crippen LogP contribution in [0.25, 0.3) is 0 Å². The Morgan fingerprint density at radius 2 is 1.81 bits per heavy atom. The Hall–Kier alpha value is -2.61. The molecule has 0 radical (unpaired) electrons. The number of benzene rings is 1. The summed E-state index contributed by atoms with van der Waals surface area (Å²) in [6, 6.07) is 10.3. The van der Waals surface area contributed by atoms with E-state index in [4.69, 9.17) is 0 Å². The van der Waals surface area contributed by atoms with Crippen LogP contribution in [-0.2, 0) is 14.4 Å². The molecular weight excluding hydrogens is 406 g/mol. The Balaban J connectivity index is 1.10. The number of hydrogen-bond acceptors (Lipinski definition) is 5. The van der Waals surface area contributed by atoms with E-state index in [1.807, 2.05) is 23.1 Å². The van der Waals surface area contributed by atoms with Crippen LogP contribution in [0.1, 0.15) is 32.1 Å². The van der Waals surface area contributed by atoms with Crippen LogP contribution in [-0.4, -0.2) is 84.9 Å². The molecule has 3 aliphatic heterocycles. The van der Waals surface area contributed by atoms with Crippen LogP contribution in [0.4, 0.5) is 5.69 Å². The SMILES string of the molecule is O=C(N[C@H]1C[C@H]2C(=O)NC[C@@H](CCC(=O)N3CCN(c4ccccc4)CC3)N2C1)C1CC1. The van der Waals surface area contributed by atoms with E-state index < -0.39 is 0 Å². The van der Waals surface area contributed by atoms with Crippen LogP contribution in [0.15, 0.2) is 30.3 Å². The van der Waals surface area contributed by atoms with Crippen LogP contribution in [0, 0.1) is 5.92 Å². The number of para-hydroxylation sites is 1. The highest BCUT2D eigenvalue weighted by Gasteiger charge is 2.44. The Morgan fingerprint density at radius 3 is 2.53 bits per heavy atom. The van der Waals surface area contributed by atoms with Crippen molar-refractivity contribution in [2.75, 3.05) is 44.2 Å². The van der Waals surface area contributed by atoms with Crippen molar-refractivity contribution in [1.82, 2.24) is 20.4 Å². The van der Waals surface area contributed by atoms with E-state index in [0.717, 1.165) is 45.4 Å². The highest BCUT2D eigenvalue weighted by molar-refractivity contribution is 5.84. The molecule has 0 unspecified atom stereocenters. The molecule has 1 aromatic rings. The lowest BCUT2D eigenvalue weighted by atomic mass is 10.0. The first-order chi connectivity index (χ1) is 15.6. The molecule has 1 saturated carbocycles. The van der Waals surface area contributed by atoms with E-state index >= 15 is 0 Å². The highest BCUT2D eigenvalue weighted by Crippen LogP contribution is 2.31. The minimum atomic E-state index is -0.192. The van der Waals surface area contributed by atoms with Gasteiger partial charge in [-0.1, -0.05) is 18.2 Å². The van der Waals surface area contributed by atoms with Crippen molar-refractivity contribution in [2.24, 2.45) is 5.92 Å². The van der Waals surface area contributed by atoms with Gasteiger partial charge in [-0.05, 0) is 37.8 Å². The Bertz CT molecular complexity index is 850. The predicted octanol–water partition coefficient (Wildman–Crippen LogP) is 0.583. The van der Waals surface area contributed by atoms with Crippen molar-refractivity contribution in [3.05, 3.63) is 30.3 Å². The highest BCUT2D eigenvalue weighted by atomic mass is 16.2. The quantitative estimate of drug-likeness (QED) is 0.678. The zero-order valence-corrected chi connectivity index (χ0v) is 18.5. The minimum Gasteiger partial charge on any atom is -0.368 e. The Morgan fingerprint density at radius 1 is 1.06 bits per heavy atom. The van der Waals surface area contributed by atoms with Crippen LogP contribution < -0.4 is 15.5 Å². The van der Waals surface area contributed by atoms with Gasteiger partial charge in [-0.2, -0.15) is 0 Å². The summed E-state index contributed by atoms with van der Waals surface area (Å²) in [4.78, 5) is 43.9. The molecule has 1 aliphatic carbocycles. The topological polar surface area (TPSA) is 85.0 Å². The monoisotopic (exact) mass is 439 g/mol. The number of amides is 3. The van der Waals surface area contributed by atoms with Gasteiger partial charge in [0, 0.05) is 69.4 Å². The second kappa shape index (κ2) is 9.10. The minimum absolute atomic E-state index is 0.0289. The summed E-state index contributed by atoms with van der Waals surface area (Å²) in [6.07, 6.45) is 3.86. The van der Waals surface area contributed by atoms with Gasteiger partial charge in [-0.3, -0.25) is 19.3 Å². The van der Waals surface area contributed by atoms with E-state index in [9.17, 15) is 14.4 Å². The predicted molar refractivity (Wildman–Crippen MR) is 121 cm³/mol. The fourth-order valence-electron chi connectivity index (χ4n) is 5.31. The van der Waals surface area contributed by atoms with Gasteiger partial charge in [-0.15, -0.1) is 0 Å². The maximum Gasteiger partial charge on any atom is 0.237 e. The van der Waals surface area contributed by atoms with Gasteiger partial charge in [0.25, 0.3) is 0 Å². The first kappa shape index (κ1) is 21.2. The molecular formula is C24H33N5O3. The Labute approximate surface area is 189 Å². The molecule has 4 fully saturated rings. The first-order valence-electron chi connectivity index (χ1n) is 12.0. The van der Waals surface area contributed by atoms with Crippen LogP contribution in [0.2, 0.25) is 0 Å². The maximum absolute atomic E-state index is 12.9. The van der Waals surface area contributed by atoms with Crippen molar-refractivity contribution >= 4 is 23.4 Å². The van der Waals surface area contributed by atoms with Crippen molar-refractivity contribution in [2.45, 2.75) is 50.2 Å². The number of rotatable bonds is 6. The molecule has 3 saturated heterocycles. The fourth-order valence-corrected chi connectivity index (χ4v) is 5.31. The number of nitrogens with one attached hydrogen (secondary N) is 2. The van der Waals surface area contributed by atoms with Crippen molar-refractivity contribution in [1.29, 1.82) is 0 Å². The lowest BCUT2D eigenvalue weighted by Gasteiger charge is -2.38. The summed E-state index contributed by atoms with van der Waals surface area (Å²) < 4.78 is 0. The summed E-state index contributed by atoms with van der Waals surface area (Å²) >= 11 is 0. The molecule has 5 rings (SSSR count). The largest absolute Gasteiger partial charge is 0.368 e. The summed E-state index contributed by atoms with van der Waals surface area (Å²) in [6.45, 7) is 4.48. The average molecular weight is 440 g/mol. The summed E-state index contributed by atoms with van der Waals surface area (Å²) in [5.41, 5.74) is 1.21. The third-order valence-electron chi connectivity index (χ3n) is 7.36. The normalized spacial score (nSPS) is 28.2. The van der Waals surface area contributed by atoms with Crippen LogP contribution >= 0.6 is 0 Å². The third kappa shape index (κ3) is 4.60. The summed E-state index contributed by atoms with van der Waals surface area (Å²) in [5, 5.41) is 6.15. The van der Waals surface area contributed by atoms with E-state index in [0.29, 0.717) is 25.9 Å². The molecule has 3 heterocycles. The van der Waals surface area contributed by atoms with Crippen molar-refractivity contribution < 1.29 is 14.4 Å². The van der Waals surface area contributed by atoms with Gasteiger partial charge < -0.3 is 20.4 Å². The lowest BCUT2D eigenvalue weighted by Crippen LogP contribution is -2.58. The molecule has 3 amide bonds. The number of anilines is 1. The number of hydrogen-bond donors (Lipinski definition) is 2. The maximum atomic E-state index is 12.9. The van der Waals surface area contributed by atoms with Gasteiger partial charge in [0.05, 0.1) is 6.04 Å². The smallest absolute Gasteiger partial charge is 0.237 e. The Kier molecular flexibility index (Phi) is 6.04. The molecule has 1 aromatic carbocycles. The van der Waals surface area contributed by atoms with Gasteiger partial charge in [0.15, 0.2) is 0 Å². The molecule has 32 heavy (non-hydrogen) atoms. The zero-order valence-electron chi connectivity index (χ0n) is 18.5. The average Bonchev–Trinajstić information content (AvgIpc) is 3.59. The number of carbonyl (C=O) groups excluding carboxylic acids is 3.